The maximum absolute atomic E-state index is 12.8. The van der Waals surface area contributed by atoms with Crippen LogP contribution in [-0.2, 0) is 6.18 Å². The fourth-order valence-electron chi connectivity index (χ4n) is 3.25. The van der Waals surface area contributed by atoms with E-state index in [-0.39, 0.29) is 0 Å². The Morgan fingerprint density at radius 2 is 1.76 bits per heavy atom. The molecule has 0 saturated carbocycles. The molecule has 8 heteroatoms. The monoisotopic (exact) mass is 400 g/mol. The maximum atomic E-state index is 12.8. The first-order chi connectivity index (χ1) is 13.7. The van der Waals surface area contributed by atoms with Crippen LogP contribution in [0.2, 0.25) is 0 Å². The zero-order valence-corrected chi connectivity index (χ0v) is 15.1. The summed E-state index contributed by atoms with van der Waals surface area (Å²) in [5, 5.41) is 2.75. The van der Waals surface area contributed by atoms with E-state index in [1.165, 1.54) is 0 Å². The normalized spacial score (nSPS) is 15.1. The van der Waals surface area contributed by atoms with Crippen molar-refractivity contribution in [3.63, 3.8) is 0 Å². The standard InChI is InChI=1S/C21H15F3N2O3/c1-11-6-7-13-16(10-11)29-15-5-3-2-4-12(15)18(13)26-20(28)14-8-9-17(21(22,23)24)25-19(14)27/h2-10,18H,1H3,(H,25,27)(H,26,28). The number of pyridine rings is 1. The SMILES string of the molecule is Cc1ccc2c(c1)Oc1ccccc1C2NC(=O)c1ccc(C(F)(F)F)[nH]c1=O. The molecule has 0 spiro atoms. The molecule has 0 aliphatic carbocycles. The van der Waals surface area contributed by atoms with Gasteiger partial charge in [0.05, 0.1) is 6.04 Å². The molecule has 2 heterocycles. The van der Waals surface area contributed by atoms with E-state index in [4.69, 9.17) is 4.74 Å². The van der Waals surface area contributed by atoms with E-state index < -0.39 is 34.9 Å². The van der Waals surface area contributed by atoms with Crippen molar-refractivity contribution in [3.05, 3.63) is 92.9 Å². The molecular weight excluding hydrogens is 385 g/mol. The second-order valence-electron chi connectivity index (χ2n) is 6.70. The van der Waals surface area contributed by atoms with Gasteiger partial charge in [0.2, 0.25) is 0 Å². The van der Waals surface area contributed by atoms with Crippen LogP contribution in [0.4, 0.5) is 13.2 Å². The van der Waals surface area contributed by atoms with E-state index in [2.05, 4.69) is 5.32 Å². The van der Waals surface area contributed by atoms with Gasteiger partial charge in [0.25, 0.3) is 11.5 Å². The summed E-state index contributed by atoms with van der Waals surface area (Å²) in [6, 6.07) is 13.5. The van der Waals surface area contributed by atoms with Crippen LogP contribution in [0.3, 0.4) is 0 Å². The number of H-pyrrole nitrogens is 1. The first-order valence-corrected chi connectivity index (χ1v) is 8.73. The maximum Gasteiger partial charge on any atom is 0.431 e. The molecule has 1 aromatic heterocycles. The molecule has 0 radical (unpaired) electrons. The molecule has 0 bridgehead atoms. The zero-order valence-electron chi connectivity index (χ0n) is 15.1. The van der Waals surface area contributed by atoms with Gasteiger partial charge < -0.3 is 15.0 Å². The summed E-state index contributed by atoms with van der Waals surface area (Å²) in [6.45, 7) is 1.90. The Labute approximate surface area is 163 Å². The summed E-state index contributed by atoms with van der Waals surface area (Å²) in [5.74, 6) is 0.334. The second-order valence-corrected chi connectivity index (χ2v) is 6.70. The van der Waals surface area contributed by atoms with Gasteiger partial charge in [0, 0.05) is 11.1 Å². The fraction of sp³-hybridized carbons (Fsp3) is 0.143. The van der Waals surface area contributed by atoms with Crippen LogP contribution < -0.4 is 15.6 Å². The van der Waals surface area contributed by atoms with E-state index >= 15 is 0 Å². The Balaban J connectivity index is 1.71. The number of halogens is 3. The number of carbonyl (C=O) groups excluding carboxylic acids is 1. The van der Waals surface area contributed by atoms with Crippen molar-refractivity contribution < 1.29 is 22.7 Å². The summed E-state index contributed by atoms with van der Waals surface area (Å²) in [7, 11) is 0. The van der Waals surface area contributed by atoms with E-state index in [0.29, 0.717) is 28.7 Å². The predicted octanol–water partition coefficient (Wildman–Crippen LogP) is 4.33. The third-order valence-electron chi connectivity index (χ3n) is 4.66. The van der Waals surface area contributed by atoms with Crippen LogP contribution >= 0.6 is 0 Å². The van der Waals surface area contributed by atoms with Crippen LogP contribution in [0, 0.1) is 6.92 Å². The van der Waals surface area contributed by atoms with Gasteiger partial charge in [-0.3, -0.25) is 9.59 Å². The van der Waals surface area contributed by atoms with E-state index in [1.807, 2.05) is 25.1 Å². The van der Waals surface area contributed by atoms with Crippen molar-refractivity contribution >= 4 is 5.91 Å². The van der Waals surface area contributed by atoms with Gasteiger partial charge in [-0.2, -0.15) is 13.2 Å². The Morgan fingerprint density at radius 1 is 1.03 bits per heavy atom. The fourth-order valence-corrected chi connectivity index (χ4v) is 3.25. The lowest BCUT2D eigenvalue weighted by Gasteiger charge is -2.29. The second kappa shape index (κ2) is 6.80. The van der Waals surface area contributed by atoms with Crippen LogP contribution in [0.25, 0.3) is 0 Å². The Kier molecular flexibility index (Phi) is 4.41. The first-order valence-electron chi connectivity index (χ1n) is 8.73. The number of aromatic amines is 1. The van der Waals surface area contributed by atoms with Gasteiger partial charge in [-0.05, 0) is 36.8 Å². The van der Waals surface area contributed by atoms with Crippen LogP contribution in [0.5, 0.6) is 11.5 Å². The molecule has 1 unspecified atom stereocenters. The number of para-hydroxylation sites is 1. The van der Waals surface area contributed by atoms with Gasteiger partial charge in [-0.1, -0.05) is 30.3 Å². The lowest BCUT2D eigenvalue weighted by Crippen LogP contribution is -2.35. The van der Waals surface area contributed by atoms with E-state index in [9.17, 15) is 22.8 Å². The smallest absolute Gasteiger partial charge is 0.431 e. The van der Waals surface area contributed by atoms with Crippen molar-refractivity contribution in [2.24, 2.45) is 0 Å². The third-order valence-corrected chi connectivity index (χ3v) is 4.66. The number of hydrogen-bond donors (Lipinski definition) is 2. The number of amides is 1. The summed E-state index contributed by atoms with van der Waals surface area (Å²) in [5.41, 5.74) is -0.396. The number of alkyl halides is 3. The minimum atomic E-state index is -4.70. The number of benzene rings is 2. The molecule has 0 saturated heterocycles. The van der Waals surface area contributed by atoms with Crippen LogP contribution in [-0.4, -0.2) is 10.9 Å². The minimum Gasteiger partial charge on any atom is -0.457 e. The summed E-state index contributed by atoms with van der Waals surface area (Å²) < 4.78 is 44.2. The van der Waals surface area contributed by atoms with E-state index in [1.54, 1.807) is 29.2 Å². The number of ether oxygens (including phenoxy) is 1. The van der Waals surface area contributed by atoms with Crippen molar-refractivity contribution in [1.29, 1.82) is 0 Å². The lowest BCUT2D eigenvalue weighted by atomic mass is 9.93. The first kappa shape index (κ1) is 18.8. The number of fused-ring (bicyclic) bond motifs is 2. The summed E-state index contributed by atoms with van der Waals surface area (Å²) in [6.07, 6.45) is -4.70. The molecule has 3 aromatic rings. The van der Waals surface area contributed by atoms with Crippen LogP contribution in [0.1, 0.15) is 38.8 Å². The van der Waals surface area contributed by atoms with Crippen molar-refractivity contribution in [3.8, 4) is 11.5 Å². The van der Waals surface area contributed by atoms with Gasteiger partial charge in [-0.15, -0.1) is 0 Å². The molecule has 4 rings (SSSR count). The average Bonchev–Trinajstić information content (AvgIpc) is 2.66. The molecule has 29 heavy (non-hydrogen) atoms. The summed E-state index contributed by atoms with van der Waals surface area (Å²) >= 11 is 0. The van der Waals surface area contributed by atoms with Gasteiger partial charge in [0.1, 0.15) is 22.8 Å². The average molecular weight is 400 g/mol. The molecule has 1 aliphatic rings. The zero-order chi connectivity index (χ0) is 20.8. The van der Waals surface area contributed by atoms with Crippen molar-refractivity contribution in [2.75, 3.05) is 0 Å². The minimum absolute atomic E-state index is 0.407. The molecule has 1 aliphatic heterocycles. The molecule has 0 fully saturated rings. The molecule has 2 N–H and O–H groups in total. The lowest BCUT2D eigenvalue weighted by molar-refractivity contribution is -0.141. The summed E-state index contributed by atoms with van der Waals surface area (Å²) in [4.78, 5) is 26.5. The number of rotatable bonds is 2. The van der Waals surface area contributed by atoms with Gasteiger partial charge in [0.15, 0.2) is 0 Å². The molecule has 1 amide bonds. The molecular formula is C21H15F3N2O3. The number of hydrogen-bond acceptors (Lipinski definition) is 3. The van der Waals surface area contributed by atoms with E-state index in [0.717, 1.165) is 11.6 Å². The topological polar surface area (TPSA) is 71.2 Å². The highest BCUT2D eigenvalue weighted by Gasteiger charge is 2.33. The predicted molar refractivity (Wildman–Crippen MR) is 99.1 cm³/mol. The van der Waals surface area contributed by atoms with Crippen LogP contribution in [0.15, 0.2) is 59.4 Å². The quantitative estimate of drug-likeness (QED) is 0.673. The Hall–Kier alpha value is -3.55. The van der Waals surface area contributed by atoms with Gasteiger partial charge >= 0.3 is 6.18 Å². The molecule has 148 valence electrons. The van der Waals surface area contributed by atoms with Crippen molar-refractivity contribution in [2.45, 2.75) is 19.1 Å². The molecule has 2 aromatic carbocycles. The number of carbonyl (C=O) groups is 1. The Bertz CT molecular complexity index is 1170. The molecule has 1 atom stereocenters. The number of nitrogens with one attached hydrogen (secondary N) is 2. The van der Waals surface area contributed by atoms with Gasteiger partial charge in [-0.25, -0.2) is 0 Å². The third kappa shape index (κ3) is 3.49. The largest absolute Gasteiger partial charge is 0.457 e. The highest BCUT2D eigenvalue weighted by Crippen LogP contribution is 2.43. The molecule has 5 nitrogen and oxygen atoms in total. The highest BCUT2D eigenvalue weighted by molar-refractivity contribution is 5.94. The number of aryl methyl sites for hydroxylation is 1. The van der Waals surface area contributed by atoms with Crippen molar-refractivity contribution in [1.82, 2.24) is 10.3 Å². The highest BCUT2D eigenvalue weighted by atomic mass is 19.4. The Morgan fingerprint density at radius 3 is 2.48 bits per heavy atom. The number of aromatic nitrogens is 1.